The van der Waals surface area contributed by atoms with Crippen LogP contribution in [0.15, 0.2) is 38.0 Å². The van der Waals surface area contributed by atoms with E-state index in [0.717, 1.165) is 12.2 Å². The molecule has 0 saturated heterocycles. The minimum atomic E-state index is -4.46. The van der Waals surface area contributed by atoms with E-state index in [1.165, 1.54) is 0 Å². The van der Waals surface area contributed by atoms with Gasteiger partial charge in [0.15, 0.2) is 6.61 Å². The Labute approximate surface area is 181 Å². The van der Waals surface area contributed by atoms with E-state index in [2.05, 4.69) is 33.9 Å². The molecular formula is C16H20Cl3F3O7. The van der Waals surface area contributed by atoms with Gasteiger partial charge in [-0.1, -0.05) is 19.7 Å². The van der Waals surface area contributed by atoms with E-state index in [0.29, 0.717) is 6.08 Å². The van der Waals surface area contributed by atoms with Crippen molar-refractivity contribution in [3.05, 3.63) is 38.0 Å². The van der Waals surface area contributed by atoms with Crippen LogP contribution in [0, 0.1) is 0 Å². The molecular weight excluding hydrogens is 468 g/mol. The van der Waals surface area contributed by atoms with Crippen molar-refractivity contribution in [2.75, 3.05) is 20.3 Å². The maximum atomic E-state index is 11.2. The number of methoxy groups -OCH3 is 1. The highest BCUT2D eigenvalue weighted by molar-refractivity contribution is 6.66. The van der Waals surface area contributed by atoms with Gasteiger partial charge in [-0.15, -0.1) is 0 Å². The summed E-state index contributed by atoms with van der Waals surface area (Å²) in [6.07, 6.45) is -1.81. The van der Waals surface area contributed by atoms with Crippen LogP contribution in [-0.2, 0) is 33.3 Å². The number of carbonyl (C=O) groups is 3. The van der Waals surface area contributed by atoms with E-state index in [-0.39, 0.29) is 12.7 Å². The Kier molecular flexibility index (Phi) is 18.9. The van der Waals surface area contributed by atoms with Crippen LogP contribution in [0.25, 0.3) is 0 Å². The molecule has 0 aliphatic carbocycles. The van der Waals surface area contributed by atoms with E-state index in [4.69, 9.17) is 39.5 Å². The molecule has 1 unspecified atom stereocenters. The third-order valence-corrected chi connectivity index (χ3v) is 2.19. The van der Waals surface area contributed by atoms with Crippen LogP contribution in [0.1, 0.15) is 6.92 Å². The highest BCUT2D eigenvalue weighted by Crippen LogP contribution is 2.27. The zero-order valence-electron chi connectivity index (χ0n) is 15.5. The largest absolute Gasteiger partial charge is 0.460 e. The van der Waals surface area contributed by atoms with Gasteiger partial charge in [-0.3, -0.25) is 0 Å². The molecule has 1 atom stereocenters. The van der Waals surface area contributed by atoms with Gasteiger partial charge in [-0.25, -0.2) is 14.4 Å². The van der Waals surface area contributed by atoms with Gasteiger partial charge in [-0.05, 0) is 41.7 Å². The van der Waals surface area contributed by atoms with Crippen LogP contribution in [0.4, 0.5) is 13.2 Å². The van der Waals surface area contributed by atoms with Gasteiger partial charge < -0.3 is 18.9 Å². The predicted octanol–water partition coefficient (Wildman–Crippen LogP) is 4.07. The lowest BCUT2D eigenvalue weighted by Crippen LogP contribution is -2.19. The zero-order chi connectivity index (χ0) is 23.7. The summed E-state index contributed by atoms with van der Waals surface area (Å²) in [5.41, 5.74) is 0. The Morgan fingerprint density at radius 2 is 1.34 bits per heavy atom. The molecule has 0 spiro atoms. The second-order valence-corrected chi connectivity index (χ2v) is 6.56. The SMILES string of the molecule is C=CC(=O)OC(Cl)(Cl)Cl.C=CC(=O)OCC(C)OC.C=CC(=O)OCC(F)(F)F. The first kappa shape index (κ1) is 31.9. The molecule has 0 radical (unpaired) electrons. The lowest BCUT2D eigenvalue weighted by atomic mass is 10.4. The predicted molar refractivity (Wildman–Crippen MR) is 101 cm³/mol. The number of carbonyl (C=O) groups excluding carboxylic acids is 3. The Bertz CT molecular complexity index is 547. The summed E-state index contributed by atoms with van der Waals surface area (Å²) < 4.78 is 49.0. The van der Waals surface area contributed by atoms with Crippen LogP contribution in [0.5, 0.6) is 0 Å². The van der Waals surface area contributed by atoms with Crippen molar-refractivity contribution in [3.63, 3.8) is 0 Å². The summed E-state index contributed by atoms with van der Waals surface area (Å²) in [6, 6.07) is 0. The molecule has 0 N–H and O–H groups in total. The van der Waals surface area contributed by atoms with E-state index >= 15 is 0 Å². The quantitative estimate of drug-likeness (QED) is 0.231. The maximum Gasteiger partial charge on any atom is 0.422 e. The fourth-order valence-electron chi connectivity index (χ4n) is 0.694. The van der Waals surface area contributed by atoms with Crippen molar-refractivity contribution in [1.29, 1.82) is 0 Å². The molecule has 0 aromatic heterocycles. The summed E-state index contributed by atoms with van der Waals surface area (Å²) in [5, 5.41) is 0. The van der Waals surface area contributed by atoms with Crippen LogP contribution in [-0.4, -0.2) is 54.5 Å². The van der Waals surface area contributed by atoms with Crippen molar-refractivity contribution in [2.24, 2.45) is 0 Å². The number of ether oxygens (including phenoxy) is 4. The second-order valence-electron chi connectivity index (χ2n) is 4.38. The van der Waals surface area contributed by atoms with Gasteiger partial charge in [0.25, 0.3) is 0 Å². The first-order valence-electron chi connectivity index (χ1n) is 7.21. The zero-order valence-corrected chi connectivity index (χ0v) is 17.7. The summed E-state index contributed by atoms with van der Waals surface area (Å²) >= 11 is 15.1. The van der Waals surface area contributed by atoms with Crippen molar-refractivity contribution in [1.82, 2.24) is 0 Å². The fourth-order valence-corrected chi connectivity index (χ4v) is 0.922. The van der Waals surface area contributed by atoms with Crippen LogP contribution in [0.2, 0.25) is 0 Å². The van der Waals surface area contributed by atoms with Crippen molar-refractivity contribution >= 4 is 52.7 Å². The molecule has 168 valence electrons. The first-order valence-corrected chi connectivity index (χ1v) is 8.35. The Morgan fingerprint density at radius 3 is 1.62 bits per heavy atom. The molecule has 0 amide bonds. The van der Waals surface area contributed by atoms with Gasteiger partial charge >= 0.3 is 28.1 Å². The lowest BCUT2D eigenvalue weighted by molar-refractivity contribution is -0.182. The summed E-state index contributed by atoms with van der Waals surface area (Å²) in [4.78, 5) is 30.7. The topological polar surface area (TPSA) is 88.1 Å². The average molecular weight is 488 g/mol. The molecule has 0 heterocycles. The molecule has 29 heavy (non-hydrogen) atoms. The van der Waals surface area contributed by atoms with Crippen LogP contribution < -0.4 is 0 Å². The smallest absolute Gasteiger partial charge is 0.422 e. The Balaban J connectivity index is -0.000000350. The molecule has 0 aromatic carbocycles. The molecule has 0 aliphatic rings. The van der Waals surface area contributed by atoms with E-state index < -0.39 is 34.7 Å². The second kappa shape index (κ2) is 17.1. The third kappa shape index (κ3) is 31.2. The van der Waals surface area contributed by atoms with E-state index in [9.17, 15) is 27.6 Å². The average Bonchev–Trinajstić information content (AvgIpc) is 2.62. The van der Waals surface area contributed by atoms with Crippen molar-refractivity contribution in [3.8, 4) is 0 Å². The first-order chi connectivity index (χ1) is 13.1. The molecule has 7 nitrogen and oxygen atoms in total. The number of rotatable bonds is 7. The minimum absolute atomic E-state index is 0.0519. The normalized spacial score (nSPS) is 11.2. The molecule has 0 saturated carbocycles. The van der Waals surface area contributed by atoms with Crippen molar-refractivity contribution < 1.29 is 46.5 Å². The highest BCUT2D eigenvalue weighted by Gasteiger charge is 2.29. The number of alkyl halides is 6. The third-order valence-electron chi connectivity index (χ3n) is 1.96. The number of hydrogen-bond acceptors (Lipinski definition) is 7. The number of hydrogen-bond donors (Lipinski definition) is 0. The fraction of sp³-hybridized carbons (Fsp3) is 0.438. The van der Waals surface area contributed by atoms with Gasteiger partial charge in [0.1, 0.15) is 6.61 Å². The van der Waals surface area contributed by atoms with Crippen LogP contribution >= 0.6 is 34.8 Å². The van der Waals surface area contributed by atoms with Gasteiger partial charge in [0.2, 0.25) is 0 Å². The minimum Gasteiger partial charge on any atom is -0.460 e. The Morgan fingerprint density at radius 1 is 0.931 bits per heavy atom. The molecule has 0 bridgehead atoms. The number of halogens is 6. The molecule has 0 rings (SSSR count). The van der Waals surface area contributed by atoms with E-state index in [1.807, 2.05) is 6.92 Å². The van der Waals surface area contributed by atoms with Gasteiger partial charge in [-0.2, -0.15) is 13.2 Å². The molecule has 0 aromatic rings. The summed E-state index contributed by atoms with van der Waals surface area (Å²) in [5.74, 6) is -2.25. The van der Waals surface area contributed by atoms with Crippen LogP contribution in [0.3, 0.4) is 0 Å². The monoisotopic (exact) mass is 486 g/mol. The summed E-state index contributed by atoms with van der Waals surface area (Å²) in [6.45, 7) is 9.80. The molecule has 0 fully saturated rings. The standard InChI is InChI=1S/C7H12O3.C5H5F3O2.C4H3Cl3O2/c1-4-7(8)10-5-6(2)9-3;1-2-4(9)10-3-5(6,7)8;1-2-3(8)9-4(5,6)7/h4,6H,1,5H2,2-3H3;2H,1,3H2;2H,1H2. The number of esters is 3. The van der Waals surface area contributed by atoms with Crippen molar-refractivity contribution in [2.45, 2.75) is 23.2 Å². The maximum absolute atomic E-state index is 11.2. The lowest BCUT2D eigenvalue weighted by Gasteiger charge is -2.08. The summed E-state index contributed by atoms with van der Waals surface area (Å²) in [7, 11) is 1.56. The van der Waals surface area contributed by atoms with Gasteiger partial charge in [0, 0.05) is 25.3 Å². The van der Waals surface area contributed by atoms with E-state index in [1.54, 1.807) is 7.11 Å². The molecule has 0 aliphatic heterocycles. The highest BCUT2D eigenvalue weighted by atomic mass is 35.6. The van der Waals surface area contributed by atoms with Gasteiger partial charge in [0.05, 0.1) is 6.10 Å². The Hall–Kier alpha value is -1.75. The molecule has 13 heteroatoms.